The lowest BCUT2D eigenvalue weighted by molar-refractivity contribution is 0.202. The number of aliphatic hydroxyl groups is 2. The SMILES string of the molecule is CCN(CC)c1nc(N(CCO)CCOC)nc2c(N(CC)CC)nc(N(CCO)CCOC)nc12. The fraction of sp³-hybridized carbons (Fsp3) is 0.750. The van der Waals surface area contributed by atoms with E-state index in [9.17, 15) is 10.2 Å². The number of methoxy groups -OCH3 is 2. The normalized spacial score (nSPS) is 11.2. The smallest absolute Gasteiger partial charge is 0.228 e. The molecule has 0 amide bonds. The molecule has 2 N–H and O–H groups in total. The molecule has 0 saturated heterocycles. The number of ether oxygens (including phenoxy) is 2. The molecule has 0 saturated carbocycles. The van der Waals surface area contributed by atoms with Gasteiger partial charge in [-0.2, -0.15) is 9.97 Å². The minimum atomic E-state index is -0.0281. The molecule has 0 aliphatic heterocycles. The minimum Gasteiger partial charge on any atom is -0.395 e. The summed E-state index contributed by atoms with van der Waals surface area (Å²) < 4.78 is 10.6. The maximum atomic E-state index is 9.70. The Kier molecular flexibility index (Phi) is 12.8. The van der Waals surface area contributed by atoms with Gasteiger partial charge in [-0.3, -0.25) is 0 Å². The average molecular weight is 509 g/mol. The molecule has 0 unspecified atom stereocenters. The lowest BCUT2D eigenvalue weighted by Gasteiger charge is -2.29. The highest BCUT2D eigenvalue weighted by Crippen LogP contribution is 2.32. The highest BCUT2D eigenvalue weighted by molar-refractivity contribution is 5.95. The summed E-state index contributed by atoms with van der Waals surface area (Å²) in [4.78, 5) is 27.9. The fourth-order valence-electron chi connectivity index (χ4n) is 4.00. The van der Waals surface area contributed by atoms with Gasteiger partial charge in [-0.1, -0.05) is 0 Å². The van der Waals surface area contributed by atoms with E-state index in [0.29, 0.717) is 74.0 Å². The second-order valence-electron chi connectivity index (χ2n) is 8.14. The first-order valence-corrected chi connectivity index (χ1v) is 12.8. The molecule has 0 bridgehead atoms. The maximum absolute atomic E-state index is 9.70. The number of hydrogen-bond acceptors (Lipinski definition) is 12. The van der Waals surface area contributed by atoms with Crippen LogP contribution in [0.5, 0.6) is 0 Å². The third kappa shape index (κ3) is 7.25. The standard InChI is InChI=1S/C24H44N8O4/c1-7-29(8-2)21-19-20(26-23(27-21)31(11-15-33)13-17-35-5)22(30(9-3)10-4)28-24(25-19)32(12-16-34)14-18-36-6/h33-34H,7-18H2,1-6H3. The van der Waals surface area contributed by atoms with Crippen LogP contribution in [0.2, 0.25) is 0 Å². The van der Waals surface area contributed by atoms with Crippen molar-refractivity contribution in [3.05, 3.63) is 0 Å². The van der Waals surface area contributed by atoms with Crippen LogP contribution in [0.3, 0.4) is 0 Å². The van der Waals surface area contributed by atoms with Crippen molar-refractivity contribution in [2.75, 3.05) is 113 Å². The lowest BCUT2D eigenvalue weighted by Crippen LogP contribution is -2.34. The van der Waals surface area contributed by atoms with Crippen LogP contribution >= 0.6 is 0 Å². The molecular formula is C24H44N8O4. The first-order chi connectivity index (χ1) is 17.5. The zero-order valence-electron chi connectivity index (χ0n) is 22.8. The van der Waals surface area contributed by atoms with Crippen molar-refractivity contribution in [2.24, 2.45) is 0 Å². The molecule has 0 atom stereocenters. The zero-order chi connectivity index (χ0) is 26.5. The second kappa shape index (κ2) is 15.5. The monoisotopic (exact) mass is 508 g/mol. The van der Waals surface area contributed by atoms with Gasteiger partial charge in [-0.15, -0.1) is 0 Å². The Balaban J connectivity index is 2.88. The van der Waals surface area contributed by atoms with Crippen molar-refractivity contribution in [1.29, 1.82) is 0 Å². The van der Waals surface area contributed by atoms with Gasteiger partial charge >= 0.3 is 0 Å². The summed E-state index contributed by atoms with van der Waals surface area (Å²) in [6, 6.07) is 0. The van der Waals surface area contributed by atoms with Gasteiger partial charge in [0.25, 0.3) is 0 Å². The van der Waals surface area contributed by atoms with E-state index in [1.165, 1.54) is 0 Å². The molecule has 2 rings (SSSR count). The third-order valence-corrected chi connectivity index (χ3v) is 6.05. The predicted molar refractivity (Wildman–Crippen MR) is 145 cm³/mol. The van der Waals surface area contributed by atoms with Crippen LogP contribution in [0.1, 0.15) is 27.7 Å². The van der Waals surface area contributed by atoms with E-state index in [0.717, 1.165) is 26.2 Å². The Morgan fingerprint density at radius 1 is 0.556 bits per heavy atom. The summed E-state index contributed by atoms with van der Waals surface area (Å²) in [7, 11) is 3.30. The largest absolute Gasteiger partial charge is 0.395 e. The molecule has 36 heavy (non-hydrogen) atoms. The van der Waals surface area contributed by atoms with Crippen molar-refractivity contribution in [1.82, 2.24) is 19.9 Å². The Morgan fingerprint density at radius 3 is 1.19 bits per heavy atom. The number of fused-ring (bicyclic) bond motifs is 1. The summed E-state index contributed by atoms with van der Waals surface area (Å²) in [5.41, 5.74) is 1.32. The topological polar surface area (TPSA) is 123 Å². The minimum absolute atomic E-state index is 0.0281. The second-order valence-corrected chi connectivity index (χ2v) is 8.14. The average Bonchev–Trinajstić information content (AvgIpc) is 2.90. The third-order valence-electron chi connectivity index (χ3n) is 6.05. The van der Waals surface area contributed by atoms with Gasteiger partial charge in [-0.05, 0) is 27.7 Å². The van der Waals surface area contributed by atoms with E-state index in [1.807, 2.05) is 9.80 Å². The molecule has 0 aromatic carbocycles. The van der Waals surface area contributed by atoms with Crippen molar-refractivity contribution >= 4 is 34.6 Å². The molecule has 0 spiro atoms. The molecule has 2 heterocycles. The zero-order valence-corrected chi connectivity index (χ0v) is 22.8. The van der Waals surface area contributed by atoms with Crippen LogP contribution in [0.15, 0.2) is 0 Å². The van der Waals surface area contributed by atoms with Gasteiger partial charge in [0.05, 0.1) is 26.4 Å². The molecule has 0 aliphatic rings. The number of aliphatic hydroxyl groups excluding tert-OH is 2. The van der Waals surface area contributed by atoms with Gasteiger partial charge in [-0.25, -0.2) is 9.97 Å². The molecule has 12 nitrogen and oxygen atoms in total. The summed E-state index contributed by atoms with van der Waals surface area (Å²) >= 11 is 0. The molecule has 204 valence electrons. The van der Waals surface area contributed by atoms with Crippen molar-refractivity contribution in [3.63, 3.8) is 0 Å². The number of rotatable bonds is 18. The first-order valence-electron chi connectivity index (χ1n) is 12.8. The van der Waals surface area contributed by atoms with E-state index in [4.69, 9.17) is 29.4 Å². The van der Waals surface area contributed by atoms with Gasteiger partial charge in [0.1, 0.15) is 11.0 Å². The van der Waals surface area contributed by atoms with Crippen LogP contribution in [-0.4, -0.2) is 123 Å². The molecule has 0 aliphatic carbocycles. The highest BCUT2D eigenvalue weighted by Gasteiger charge is 2.24. The van der Waals surface area contributed by atoms with Crippen LogP contribution in [0.25, 0.3) is 11.0 Å². The molecule has 2 aromatic heterocycles. The summed E-state index contributed by atoms with van der Waals surface area (Å²) in [5, 5.41) is 19.4. The van der Waals surface area contributed by atoms with Crippen LogP contribution in [0.4, 0.5) is 23.5 Å². The predicted octanol–water partition coefficient (Wildman–Crippen LogP) is 1.00. The van der Waals surface area contributed by atoms with Crippen molar-refractivity contribution < 1.29 is 19.7 Å². The summed E-state index contributed by atoms with van der Waals surface area (Å²) in [6.07, 6.45) is 0. The van der Waals surface area contributed by atoms with E-state index < -0.39 is 0 Å². The lowest BCUT2D eigenvalue weighted by atomic mass is 10.3. The van der Waals surface area contributed by atoms with Crippen LogP contribution in [-0.2, 0) is 9.47 Å². The van der Waals surface area contributed by atoms with Crippen molar-refractivity contribution in [2.45, 2.75) is 27.7 Å². The Hall–Kier alpha value is -2.54. The first kappa shape index (κ1) is 29.7. The highest BCUT2D eigenvalue weighted by atomic mass is 16.5. The molecule has 2 aromatic rings. The van der Waals surface area contributed by atoms with Gasteiger partial charge in [0, 0.05) is 66.6 Å². The number of nitrogens with zero attached hydrogens (tertiary/aromatic N) is 8. The summed E-state index contributed by atoms with van der Waals surface area (Å²) in [5.74, 6) is 2.44. The van der Waals surface area contributed by atoms with Crippen LogP contribution < -0.4 is 19.6 Å². The molecule has 0 fully saturated rings. The molecule has 0 radical (unpaired) electrons. The van der Waals surface area contributed by atoms with E-state index in [-0.39, 0.29) is 13.2 Å². The van der Waals surface area contributed by atoms with Gasteiger partial charge < -0.3 is 39.3 Å². The molecular weight excluding hydrogens is 464 g/mol. The summed E-state index contributed by atoms with van der Waals surface area (Å²) in [6.45, 7) is 14.0. The number of anilines is 4. The van der Waals surface area contributed by atoms with E-state index in [1.54, 1.807) is 14.2 Å². The maximum Gasteiger partial charge on any atom is 0.228 e. The number of hydrogen-bond donors (Lipinski definition) is 2. The Bertz CT molecular complexity index is 838. The number of aromatic nitrogens is 4. The molecule has 12 heteroatoms. The Labute approximate surface area is 214 Å². The fourth-order valence-corrected chi connectivity index (χ4v) is 4.00. The van der Waals surface area contributed by atoms with E-state index >= 15 is 0 Å². The Morgan fingerprint density at radius 2 is 0.917 bits per heavy atom. The van der Waals surface area contributed by atoms with Gasteiger partial charge in [0.15, 0.2) is 11.6 Å². The van der Waals surface area contributed by atoms with Gasteiger partial charge in [0.2, 0.25) is 11.9 Å². The van der Waals surface area contributed by atoms with Crippen LogP contribution in [0, 0.1) is 0 Å². The van der Waals surface area contributed by atoms with E-state index in [2.05, 4.69) is 37.5 Å². The van der Waals surface area contributed by atoms with Crippen molar-refractivity contribution in [3.8, 4) is 0 Å². The quantitative estimate of drug-likeness (QED) is 0.299.